The van der Waals surface area contributed by atoms with Gasteiger partial charge in [0.25, 0.3) is 11.8 Å². The Hall–Kier alpha value is -1.85. The van der Waals surface area contributed by atoms with E-state index in [1.807, 2.05) is 9.80 Å². The van der Waals surface area contributed by atoms with Crippen molar-refractivity contribution >= 4 is 11.8 Å². The SMILES string of the molecule is O=C(c1cc2n(n1)CCN(CC1CC1)C2=O)N1CCCCC1. The standard InChI is InChI=1S/C16H22N4O2/c21-15(18-6-2-1-3-7-18)13-10-14-16(22)19(11-12-4-5-12)8-9-20(14)17-13/h10,12H,1-9,11H2. The van der Waals surface area contributed by atoms with Crippen LogP contribution < -0.4 is 0 Å². The quantitative estimate of drug-likeness (QED) is 0.847. The summed E-state index contributed by atoms with van der Waals surface area (Å²) in [7, 11) is 0. The largest absolute Gasteiger partial charge is 0.337 e. The molecule has 2 aliphatic heterocycles. The van der Waals surface area contributed by atoms with Crippen molar-refractivity contribution in [3.63, 3.8) is 0 Å². The first-order valence-corrected chi connectivity index (χ1v) is 8.39. The third-order valence-electron chi connectivity index (χ3n) is 4.91. The second-order valence-corrected chi connectivity index (χ2v) is 6.69. The third kappa shape index (κ3) is 2.51. The summed E-state index contributed by atoms with van der Waals surface area (Å²) in [6.07, 6.45) is 5.79. The van der Waals surface area contributed by atoms with E-state index in [9.17, 15) is 9.59 Å². The van der Waals surface area contributed by atoms with Gasteiger partial charge in [-0.2, -0.15) is 5.10 Å². The lowest BCUT2D eigenvalue weighted by molar-refractivity contribution is 0.0683. The monoisotopic (exact) mass is 302 g/mol. The van der Waals surface area contributed by atoms with E-state index in [2.05, 4.69) is 5.10 Å². The van der Waals surface area contributed by atoms with Gasteiger partial charge in [-0.15, -0.1) is 0 Å². The fourth-order valence-electron chi connectivity index (χ4n) is 3.39. The highest BCUT2D eigenvalue weighted by molar-refractivity contribution is 5.98. The van der Waals surface area contributed by atoms with E-state index >= 15 is 0 Å². The van der Waals surface area contributed by atoms with Gasteiger partial charge in [0.05, 0.1) is 6.54 Å². The first-order chi connectivity index (χ1) is 10.7. The Labute approximate surface area is 130 Å². The van der Waals surface area contributed by atoms with Crippen molar-refractivity contribution in [1.29, 1.82) is 0 Å². The van der Waals surface area contributed by atoms with Crippen molar-refractivity contribution in [2.75, 3.05) is 26.2 Å². The molecular formula is C16H22N4O2. The van der Waals surface area contributed by atoms with E-state index in [-0.39, 0.29) is 11.8 Å². The Kier molecular flexibility index (Phi) is 3.39. The highest BCUT2D eigenvalue weighted by Crippen LogP contribution is 2.30. The Morgan fingerprint density at radius 3 is 2.64 bits per heavy atom. The maximum absolute atomic E-state index is 12.5. The second kappa shape index (κ2) is 5.41. The zero-order valence-electron chi connectivity index (χ0n) is 12.8. The van der Waals surface area contributed by atoms with Crippen molar-refractivity contribution in [2.24, 2.45) is 5.92 Å². The van der Waals surface area contributed by atoms with Crippen LogP contribution in [0.15, 0.2) is 6.07 Å². The molecule has 0 bridgehead atoms. The van der Waals surface area contributed by atoms with Crippen LogP contribution in [0.2, 0.25) is 0 Å². The van der Waals surface area contributed by atoms with Crippen LogP contribution >= 0.6 is 0 Å². The van der Waals surface area contributed by atoms with Crippen molar-refractivity contribution in [1.82, 2.24) is 19.6 Å². The van der Waals surface area contributed by atoms with E-state index in [0.717, 1.165) is 32.5 Å². The van der Waals surface area contributed by atoms with Crippen LogP contribution in [0.25, 0.3) is 0 Å². The highest BCUT2D eigenvalue weighted by Gasteiger charge is 2.33. The maximum Gasteiger partial charge on any atom is 0.274 e. The molecule has 3 heterocycles. The first kappa shape index (κ1) is 13.8. The number of likely N-dealkylation sites (tertiary alicyclic amines) is 1. The lowest BCUT2D eigenvalue weighted by Crippen LogP contribution is -2.41. The lowest BCUT2D eigenvalue weighted by Gasteiger charge is -2.27. The number of nitrogens with zero attached hydrogens (tertiary/aromatic N) is 4. The average molecular weight is 302 g/mol. The van der Waals surface area contributed by atoms with E-state index in [1.54, 1.807) is 10.7 Å². The van der Waals surface area contributed by atoms with Crippen LogP contribution in [0.5, 0.6) is 0 Å². The summed E-state index contributed by atoms with van der Waals surface area (Å²) in [4.78, 5) is 28.8. The van der Waals surface area contributed by atoms with Crippen LogP contribution in [0.4, 0.5) is 0 Å². The summed E-state index contributed by atoms with van der Waals surface area (Å²) in [5.41, 5.74) is 1.01. The molecule has 1 aromatic heterocycles. The molecule has 4 rings (SSSR count). The summed E-state index contributed by atoms with van der Waals surface area (Å²) in [5.74, 6) is 0.694. The number of piperidine rings is 1. The molecule has 22 heavy (non-hydrogen) atoms. The molecule has 1 aliphatic carbocycles. The topological polar surface area (TPSA) is 58.4 Å². The van der Waals surface area contributed by atoms with E-state index < -0.39 is 0 Å². The predicted octanol–water partition coefficient (Wildman–Crippen LogP) is 1.38. The van der Waals surface area contributed by atoms with Gasteiger partial charge in [-0.25, -0.2) is 0 Å². The number of hydrogen-bond donors (Lipinski definition) is 0. The number of carbonyl (C=O) groups excluding carboxylic acids is 2. The van der Waals surface area contributed by atoms with Gasteiger partial charge in [-0.3, -0.25) is 14.3 Å². The number of amides is 2. The predicted molar refractivity (Wildman–Crippen MR) is 80.6 cm³/mol. The molecule has 118 valence electrons. The van der Waals surface area contributed by atoms with Crippen molar-refractivity contribution in [2.45, 2.75) is 38.6 Å². The molecule has 1 saturated heterocycles. The van der Waals surface area contributed by atoms with Gasteiger partial charge in [-0.1, -0.05) is 0 Å². The van der Waals surface area contributed by atoms with Crippen molar-refractivity contribution in [3.8, 4) is 0 Å². The van der Waals surface area contributed by atoms with Gasteiger partial charge in [0.15, 0.2) is 5.69 Å². The Bertz CT molecular complexity index is 599. The minimum absolute atomic E-state index is 0.0249. The molecule has 0 spiro atoms. The molecule has 0 radical (unpaired) electrons. The molecule has 0 atom stereocenters. The first-order valence-electron chi connectivity index (χ1n) is 8.39. The maximum atomic E-state index is 12.5. The number of fused-ring (bicyclic) bond motifs is 1. The summed E-state index contributed by atoms with van der Waals surface area (Å²) in [5, 5.41) is 4.38. The molecule has 0 unspecified atom stereocenters. The molecule has 1 aromatic rings. The highest BCUT2D eigenvalue weighted by atomic mass is 16.2. The number of aromatic nitrogens is 2. The molecule has 1 saturated carbocycles. The third-order valence-corrected chi connectivity index (χ3v) is 4.91. The molecule has 6 nitrogen and oxygen atoms in total. The molecule has 2 fully saturated rings. The molecule has 0 aromatic carbocycles. The van der Waals surface area contributed by atoms with Crippen molar-refractivity contribution in [3.05, 3.63) is 17.5 Å². The van der Waals surface area contributed by atoms with Gasteiger partial charge in [0.1, 0.15) is 5.69 Å². The summed E-state index contributed by atoms with van der Waals surface area (Å²) >= 11 is 0. The summed E-state index contributed by atoms with van der Waals surface area (Å²) < 4.78 is 1.71. The van der Waals surface area contributed by atoms with Gasteiger partial charge in [0, 0.05) is 32.2 Å². The zero-order chi connectivity index (χ0) is 15.1. The van der Waals surface area contributed by atoms with Gasteiger partial charge < -0.3 is 9.80 Å². The van der Waals surface area contributed by atoms with Crippen LogP contribution in [0, 0.1) is 5.92 Å². The van der Waals surface area contributed by atoms with E-state index in [0.29, 0.717) is 30.4 Å². The van der Waals surface area contributed by atoms with Gasteiger partial charge in [0.2, 0.25) is 0 Å². The minimum Gasteiger partial charge on any atom is -0.337 e. The van der Waals surface area contributed by atoms with Crippen LogP contribution in [0.1, 0.15) is 53.1 Å². The van der Waals surface area contributed by atoms with Gasteiger partial charge in [-0.05, 0) is 38.0 Å². The average Bonchev–Trinajstić information content (AvgIpc) is 3.26. The smallest absolute Gasteiger partial charge is 0.274 e. The van der Waals surface area contributed by atoms with Crippen LogP contribution in [-0.4, -0.2) is 57.6 Å². The normalized spacial score (nSPS) is 21.9. The Morgan fingerprint density at radius 1 is 1.14 bits per heavy atom. The fourth-order valence-corrected chi connectivity index (χ4v) is 3.39. The zero-order valence-corrected chi connectivity index (χ0v) is 12.8. The van der Waals surface area contributed by atoms with Gasteiger partial charge >= 0.3 is 0 Å². The summed E-state index contributed by atoms with van der Waals surface area (Å²) in [6.45, 7) is 3.88. The van der Waals surface area contributed by atoms with E-state index in [1.165, 1.54) is 19.3 Å². The Balaban J connectivity index is 1.52. The molecular weight excluding hydrogens is 280 g/mol. The molecule has 2 amide bonds. The van der Waals surface area contributed by atoms with Crippen LogP contribution in [-0.2, 0) is 6.54 Å². The molecule has 3 aliphatic rings. The fraction of sp³-hybridized carbons (Fsp3) is 0.688. The van der Waals surface area contributed by atoms with Crippen molar-refractivity contribution < 1.29 is 9.59 Å². The van der Waals surface area contributed by atoms with Crippen LogP contribution in [0.3, 0.4) is 0 Å². The van der Waals surface area contributed by atoms with E-state index in [4.69, 9.17) is 0 Å². The molecule has 0 N–H and O–H groups in total. The Morgan fingerprint density at radius 2 is 1.91 bits per heavy atom. The lowest BCUT2D eigenvalue weighted by atomic mass is 10.1. The number of hydrogen-bond acceptors (Lipinski definition) is 3. The number of rotatable bonds is 3. The minimum atomic E-state index is -0.0249. The summed E-state index contributed by atoms with van der Waals surface area (Å²) in [6, 6.07) is 1.69. The molecule has 6 heteroatoms. The second-order valence-electron chi connectivity index (χ2n) is 6.69. The number of carbonyl (C=O) groups is 2.